The Morgan fingerprint density at radius 1 is 1.20 bits per heavy atom. The summed E-state index contributed by atoms with van der Waals surface area (Å²) in [6.07, 6.45) is 1.90. The van der Waals surface area contributed by atoms with Crippen molar-refractivity contribution in [2.24, 2.45) is 5.90 Å². The van der Waals surface area contributed by atoms with Crippen molar-refractivity contribution in [2.45, 2.75) is 12.2 Å². The highest BCUT2D eigenvalue weighted by molar-refractivity contribution is 8.21. The van der Waals surface area contributed by atoms with Crippen LogP contribution in [0.3, 0.4) is 0 Å². The summed E-state index contributed by atoms with van der Waals surface area (Å²) in [5.74, 6) is 5.33. The van der Waals surface area contributed by atoms with E-state index in [0.29, 0.717) is 12.1 Å². The molecule has 0 atom stereocenters. The van der Waals surface area contributed by atoms with Crippen molar-refractivity contribution in [3.05, 3.63) is 30.1 Å². The lowest BCUT2D eigenvalue weighted by atomic mass is 10.4. The molecule has 2 N–H and O–H groups in total. The highest BCUT2D eigenvalue weighted by Gasteiger charge is 2.25. The van der Waals surface area contributed by atoms with E-state index in [1.807, 2.05) is 0 Å². The molecule has 0 spiro atoms. The van der Waals surface area contributed by atoms with Crippen LogP contribution < -0.4 is 5.90 Å². The summed E-state index contributed by atoms with van der Waals surface area (Å²) in [6, 6.07) is 5.18. The second-order valence-electron chi connectivity index (χ2n) is 3.96. The van der Waals surface area contributed by atoms with Crippen LogP contribution in [-0.2, 0) is 28.2 Å². The molecule has 0 saturated heterocycles. The fourth-order valence-corrected chi connectivity index (χ4v) is 4.35. The van der Waals surface area contributed by atoms with Gasteiger partial charge in [-0.05, 0) is 18.6 Å². The molecule has 0 bridgehead atoms. The highest BCUT2D eigenvalue weighted by Crippen LogP contribution is 2.48. The van der Waals surface area contributed by atoms with Crippen molar-refractivity contribution >= 4 is 20.7 Å². The van der Waals surface area contributed by atoms with Gasteiger partial charge in [-0.25, -0.2) is 12.7 Å². The molecule has 7 nitrogen and oxygen atoms in total. The second-order valence-corrected chi connectivity index (χ2v) is 8.52. The number of hydrogen-bond donors (Lipinski definition) is 1. The topological polar surface area (TPSA) is 101 Å². The van der Waals surface area contributed by atoms with Crippen LogP contribution >= 0.6 is 10.9 Å². The monoisotopic (exact) mass is 324 g/mol. The number of rotatable bonds is 9. The lowest BCUT2D eigenvalue weighted by Crippen LogP contribution is -2.19. The van der Waals surface area contributed by atoms with E-state index in [2.05, 4.69) is 4.98 Å². The Morgan fingerprint density at radius 2 is 1.90 bits per heavy atom. The van der Waals surface area contributed by atoms with E-state index in [4.69, 9.17) is 18.5 Å². The first-order valence-corrected chi connectivity index (χ1v) is 9.27. The van der Waals surface area contributed by atoms with Crippen LogP contribution in [0.25, 0.3) is 0 Å². The van der Waals surface area contributed by atoms with E-state index in [1.165, 1.54) is 14.2 Å². The average Bonchev–Trinajstić information content (AvgIpc) is 2.45. The fraction of sp³-hybridized carbons (Fsp3) is 0.545. The number of nitrogens with two attached hydrogens (primary N) is 1. The van der Waals surface area contributed by atoms with Crippen molar-refractivity contribution in [1.29, 1.82) is 0 Å². The summed E-state index contributed by atoms with van der Waals surface area (Å²) in [5, 5.41) is 0. The lowest BCUT2D eigenvalue weighted by molar-refractivity contribution is 0.219. The summed E-state index contributed by atoms with van der Waals surface area (Å²) in [7, 11) is -2.72. The van der Waals surface area contributed by atoms with Crippen molar-refractivity contribution < 1.29 is 21.1 Å². The first-order chi connectivity index (χ1) is 9.47. The smallest absolute Gasteiger partial charge is 0.156 e. The normalized spacial score (nSPS) is 13.3. The molecule has 9 heteroatoms. The van der Waals surface area contributed by atoms with Crippen molar-refractivity contribution in [3.63, 3.8) is 0 Å². The molecule has 1 heterocycles. The number of nitrogens with zero attached hydrogens (tertiary/aromatic N) is 1. The Bertz CT molecular complexity index is 483. The standard InChI is InChI=1S/C11H20N2O5S2/c1-16-20(17-2,18-12)9-5-8-19(14,15)10-11-6-3-4-7-13-11/h3-4,6-7H,5,8-10,12H2,1-2H3. The average molecular weight is 324 g/mol. The molecular formula is C11H20N2O5S2. The molecule has 0 radical (unpaired) electrons. The molecule has 0 aliphatic rings. The van der Waals surface area contributed by atoms with Gasteiger partial charge in [-0.2, -0.15) is 5.90 Å². The van der Waals surface area contributed by atoms with Gasteiger partial charge in [0.2, 0.25) is 0 Å². The molecule has 1 rings (SSSR count). The molecule has 1 aromatic rings. The predicted molar refractivity (Wildman–Crippen MR) is 78.1 cm³/mol. The SMILES string of the molecule is COS(CCCS(=O)(=O)Cc1ccccn1)(OC)ON. The van der Waals surface area contributed by atoms with Crippen LogP contribution in [0.2, 0.25) is 0 Å². The third-order valence-corrected chi connectivity index (χ3v) is 6.34. The molecule has 0 aliphatic carbocycles. The highest BCUT2D eigenvalue weighted by atomic mass is 32.3. The van der Waals surface area contributed by atoms with E-state index >= 15 is 0 Å². The van der Waals surface area contributed by atoms with Gasteiger partial charge in [0.05, 0.1) is 31.4 Å². The van der Waals surface area contributed by atoms with Crippen LogP contribution in [0.1, 0.15) is 12.1 Å². The third-order valence-electron chi connectivity index (χ3n) is 2.60. The largest absolute Gasteiger partial charge is 0.295 e. The van der Waals surface area contributed by atoms with Crippen molar-refractivity contribution in [2.75, 3.05) is 25.7 Å². The molecule has 0 aliphatic heterocycles. The van der Waals surface area contributed by atoms with E-state index in [-0.39, 0.29) is 17.3 Å². The van der Waals surface area contributed by atoms with E-state index in [9.17, 15) is 8.42 Å². The summed E-state index contributed by atoms with van der Waals surface area (Å²) in [4.78, 5) is 4.00. The molecule has 1 aromatic heterocycles. The van der Waals surface area contributed by atoms with Crippen molar-refractivity contribution in [3.8, 4) is 0 Å². The molecule has 20 heavy (non-hydrogen) atoms. The van der Waals surface area contributed by atoms with Gasteiger partial charge in [-0.1, -0.05) is 6.07 Å². The van der Waals surface area contributed by atoms with Gasteiger partial charge in [0.1, 0.15) is 10.9 Å². The molecule has 0 aromatic carbocycles. The Morgan fingerprint density at radius 3 is 2.40 bits per heavy atom. The Hall–Kier alpha value is -0.710. The first-order valence-electron chi connectivity index (χ1n) is 5.88. The van der Waals surface area contributed by atoms with Gasteiger partial charge in [-0.15, -0.1) is 0 Å². The van der Waals surface area contributed by atoms with E-state index < -0.39 is 20.7 Å². The third kappa shape index (κ3) is 5.35. The summed E-state index contributed by atoms with van der Waals surface area (Å²) in [6.45, 7) is 0. The lowest BCUT2D eigenvalue weighted by Gasteiger charge is -2.32. The minimum absolute atomic E-state index is 0.00555. The van der Waals surface area contributed by atoms with Crippen LogP contribution in [0, 0.1) is 0 Å². The predicted octanol–water partition coefficient (Wildman–Crippen LogP) is 1.12. The number of hydrogen-bond acceptors (Lipinski definition) is 7. The van der Waals surface area contributed by atoms with E-state index in [0.717, 1.165) is 0 Å². The minimum Gasteiger partial charge on any atom is -0.295 e. The quantitative estimate of drug-likeness (QED) is 0.679. The maximum Gasteiger partial charge on any atom is 0.156 e. The van der Waals surface area contributed by atoms with Crippen molar-refractivity contribution in [1.82, 2.24) is 4.98 Å². The first kappa shape index (κ1) is 17.3. The molecule has 0 saturated carbocycles. The van der Waals surface area contributed by atoms with Gasteiger partial charge in [0.25, 0.3) is 0 Å². The Balaban J connectivity index is 2.52. The Labute approximate surface area is 121 Å². The van der Waals surface area contributed by atoms with Gasteiger partial charge in [0.15, 0.2) is 9.84 Å². The molecule has 0 amide bonds. The molecule has 0 unspecified atom stereocenters. The van der Waals surface area contributed by atoms with E-state index in [1.54, 1.807) is 24.4 Å². The number of sulfone groups is 1. The number of aromatic nitrogens is 1. The minimum atomic E-state index is -3.24. The number of pyridine rings is 1. The summed E-state index contributed by atoms with van der Waals surface area (Å²) >= 11 is 0. The van der Waals surface area contributed by atoms with Gasteiger partial charge in [-0.3, -0.25) is 13.4 Å². The maximum atomic E-state index is 12.0. The van der Waals surface area contributed by atoms with Gasteiger partial charge < -0.3 is 0 Å². The zero-order chi connectivity index (χ0) is 15.1. The summed E-state index contributed by atoms with van der Waals surface area (Å²) in [5.41, 5.74) is 0.527. The molecular weight excluding hydrogens is 304 g/mol. The van der Waals surface area contributed by atoms with Crippen LogP contribution in [0.4, 0.5) is 0 Å². The molecule has 116 valence electrons. The zero-order valence-corrected chi connectivity index (χ0v) is 13.2. The molecule has 0 fully saturated rings. The van der Waals surface area contributed by atoms with Crippen LogP contribution in [0.5, 0.6) is 0 Å². The fourth-order valence-electron chi connectivity index (χ4n) is 1.60. The second kappa shape index (κ2) is 7.91. The van der Waals surface area contributed by atoms with Crippen LogP contribution in [-0.4, -0.2) is 39.1 Å². The Kier molecular flexibility index (Phi) is 6.86. The van der Waals surface area contributed by atoms with Gasteiger partial charge >= 0.3 is 0 Å². The van der Waals surface area contributed by atoms with Gasteiger partial charge in [0, 0.05) is 11.9 Å². The maximum absolute atomic E-state index is 12.0. The zero-order valence-electron chi connectivity index (χ0n) is 11.5. The summed E-state index contributed by atoms with van der Waals surface area (Å²) < 4.78 is 38.8. The van der Waals surface area contributed by atoms with Crippen LogP contribution in [0.15, 0.2) is 24.4 Å².